The lowest BCUT2D eigenvalue weighted by molar-refractivity contribution is 0.282. The van der Waals surface area contributed by atoms with E-state index >= 15 is 0 Å². The standard InChI is InChI=1S/C11H13BN2O4/c1-17-10-4-2-9(3-5-10)8-14-7-6-11(13-14)18-12(15)16/h2-7,15-16H,8H2,1H3. The van der Waals surface area contributed by atoms with Gasteiger partial charge in [-0.25, -0.2) is 0 Å². The van der Waals surface area contributed by atoms with E-state index in [9.17, 15) is 0 Å². The monoisotopic (exact) mass is 248 g/mol. The van der Waals surface area contributed by atoms with E-state index in [1.54, 1.807) is 24.1 Å². The van der Waals surface area contributed by atoms with Gasteiger partial charge in [-0.05, 0) is 17.7 Å². The van der Waals surface area contributed by atoms with Crippen molar-refractivity contribution in [3.8, 4) is 11.6 Å². The number of ether oxygens (including phenoxy) is 1. The van der Waals surface area contributed by atoms with Crippen molar-refractivity contribution in [1.29, 1.82) is 0 Å². The zero-order chi connectivity index (χ0) is 13.0. The molecule has 6 nitrogen and oxygen atoms in total. The Kier molecular flexibility index (Phi) is 3.86. The fraction of sp³-hybridized carbons (Fsp3) is 0.182. The minimum absolute atomic E-state index is 0.165. The lowest BCUT2D eigenvalue weighted by atomic mass is 10.2. The highest BCUT2D eigenvalue weighted by atomic mass is 16.6. The van der Waals surface area contributed by atoms with Crippen molar-refractivity contribution >= 4 is 7.32 Å². The molecule has 0 aliphatic carbocycles. The van der Waals surface area contributed by atoms with Crippen LogP contribution in [-0.4, -0.2) is 34.3 Å². The molecule has 0 spiro atoms. The first-order valence-electron chi connectivity index (χ1n) is 5.36. The van der Waals surface area contributed by atoms with Gasteiger partial charge in [-0.1, -0.05) is 12.1 Å². The average molecular weight is 248 g/mol. The van der Waals surface area contributed by atoms with Crippen molar-refractivity contribution in [2.24, 2.45) is 0 Å². The predicted octanol–water partition coefficient (Wildman–Crippen LogP) is 0.288. The Bertz CT molecular complexity index is 498. The molecule has 1 aromatic carbocycles. The van der Waals surface area contributed by atoms with Gasteiger partial charge in [0, 0.05) is 12.3 Å². The van der Waals surface area contributed by atoms with Crippen molar-refractivity contribution in [3.05, 3.63) is 42.1 Å². The number of rotatable bonds is 5. The van der Waals surface area contributed by atoms with Crippen LogP contribution in [0.3, 0.4) is 0 Å². The second kappa shape index (κ2) is 5.57. The summed E-state index contributed by atoms with van der Waals surface area (Å²) in [6.07, 6.45) is 1.70. The molecular formula is C11H13BN2O4. The number of aromatic nitrogens is 2. The molecule has 94 valence electrons. The molecule has 1 aromatic heterocycles. The van der Waals surface area contributed by atoms with E-state index in [1.165, 1.54) is 0 Å². The molecule has 0 saturated heterocycles. The van der Waals surface area contributed by atoms with Gasteiger partial charge in [0.2, 0.25) is 5.88 Å². The third-order valence-corrected chi connectivity index (χ3v) is 2.35. The lowest BCUT2D eigenvalue weighted by Crippen LogP contribution is -2.20. The quantitative estimate of drug-likeness (QED) is 0.743. The number of hydrogen-bond acceptors (Lipinski definition) is 5. The van der Waals surface area contributed by atoms with Crippen molar-refractivity contribution in [1.82, 2.24) is 9.78 Å². The topological polar surface area (TPSA) is 76.7 Å². The molecule has 0 radical (unpaired) electrons. The van der Waals surface area contributed by atoms with Crippen LogP contribution in [0.5, 0.6) is 11.6 Å². The highest BCUT2D eigenvalue weighted by molar-refractivity contribution is 6.33. The van der Waals surface area contributed by atoms with Gasteiger partial charge in [-0.15, -0.1) is 5.10 Å². The van der Waals surface area contributed by atoms with Crippen molar-refractivity contribution in [3.63, 3.8) is 0 Å². The smallest absolute Gasteiger partial charge is 0.497 e. The third kappa shape index (κ3) is 3.25. The summed E-state index contributed by atoms with van der Waals surface area (Å²) < 4.78 is 11.3. The SMILES string of the molecule is COc1ccc(Cn2ccc(OB(O)O)n2)cc1. The van der Waals surface area contributed by atoms with Crippen LogP contribution in [0.25, 0.3) is 0 Å². The molecule has 0 aliphatic heterocycles. The van der Waals surface area contributed by atoms with E-state index in [1.807, 2.05) is 24.3 Å². The second-order valence-corrected chi connectivity index (χ2v) is 3.64. The summed E-state index contributed by atoms with van der Waals surface area (Å²) in [5.41, 5.74) is 1.05. The summed E-state index contributed by atoms with van der Waals surface area (Å²) in [4.78, 5) is 0. The van der Waals surface area contributed by atoms with Crippen molar-refractivity contribution in [2.45, 2.75) is 6.54 Å². The van der Waals surface area contributed by atoms with Crippen LogP contribution < -0.4 is 9.39 Å². The van der Waals surface area contributed by atoms with Crippen LogP contribution in [0.15, 0.2) is 36.5 Å². The Morgan fingerprint density at radius 2 is 1.94 bits per heavy atom. The van der Waals surface area contributed by atoms with Gasteiger partial charge in [0.1, 0.15) is 5.75 Å². The Morgan fingerprint density at radius 1 is 1.22 bits per heavy atom. The minimum Gasteiger partial charge on any atom is -0.497 e. The van der Waals surface area contributed by atoms with Gasteiger partial charge in [0.25, 0.3) is 0 Å². The molecule has 0 bridgehead atoms. The van der Waals surface area contributed by atoms with Crippen molar-refractivity contribution < 1.29 is 19.4 Å². The highest BCUT2D eigenvalue weighted by Gasteiger charge is 2.12. The van der Waals surface area contributed by atoms with Crippen LogP contribution in [-0.2, 0) is 6.54 Å². The van der Waals surface area contributed by atoms with E-state index in [2.05, 4.69) is 9.75 Å². The van der Waals surface area contributed by atoms with Gasteiger partial charge < -0.3 is 19.4 Å². The van der Waals surface area contributed by atoms with E-state index in [-0.39, 0.29) is 5.88 Å². The van der Waals surface area contributed by atoms with Gasteiger partial charge in [-0.2, -0.15) is 0 Å². The minimum atomic E-state index is -1.85. The molecule has 2 aromatic rings. The number of benzene rings is 1. The second-order valence-electron chi connectivity index (χ2n) is 3.64. The first-order valence-corrected chi connectivity index (χ1v) is 5.36. The molecule has 0 atom stereocenters. The summed E-state index contributed by atoms with van der Waals surface area (Å²) in [5.74, 6) is 0.963. The Hall–Kier alpha value is -1.99. The summed E-state index contributed by atoms with van der Waals surface area (Å²) in [6.45, 7) is 0.564. The third-order valence-electron chi connectivity index (χ3n) is 2.35. The van der Waals surface area contributed by atoms with Gasteiger partial charge in [-0.3, -0.25) is 4.68 Å². The lowest BCUT2D eigenvalue weighted by Gasteiger charge is -2.04. The summed E-state index contributed by atoms with van der Waals surface area (Å²) in [7, 11) is -0.235. The van der Waals surface area contributed by atoms with Gasteiger partial charge in [0.15, 0.2) is 0 Å². The van der Waals surface area contributed by atoms with E-state index < -0.39 is 7.32 Å². The normalized spacial score (nSPS) is 10.2. The summed E-state index contributed by atoms with van der Waals surface area (Å²) >= 11 is 0. The number of hydrogen-bond donors (Lipinski definition) is 2. The summed E-state index contributed by atoms with van der Waals surface area (Å²) in [5, 5.41) is 21.3. The molecule has 2 N–H and O–H groups in total. The van der Waals surface area contributed by atoms with Crippen LogP contribution >= 0.6 is 0 Å². The molecule has 18 heavy (non-hydrogen) atoms. The van der Waals surface area contributed by atoms with Crippen LogP contribution in [0, 0.1) is 0 Å². The van der Waals surface area contributed by atoms with E-state index in [4.69, 9.17) is 14.8 Å². The molecule has 0 aliphatic rings. The molecule has 0 unspecified atom stereocenters. The van der Waals surface area contributed by atoms with Crippen LogP contribution in [0.4, 0.5) is 0 Å². The Morgan fingerprint density at radius 3 is 2.56 bits per heavy atom. The van der Waals surface area contributed by atoms with Crippen LogP contribution in [0.1, 0.15) is 5.56 Å². The summed E-state index contributed by atoms with van der Waals surface area (Å²) in [6, 6.07) is 9.16. The first-order chi connectivity index (χ1) is 8.67. The maximum Gasteiger partial charge on any atom is 0.708 e. The highest BCUT2D eigenvalue weighted by Crippen LogP contribution is 2.13. The molecule has 0 saturated carbocycles. The van der Waals surface area contributed by atoms with Crippen LogP contribution in [0.2, 0.25) is 0 Å². The molecule has 2 rings (SSSR count). The molecular weight excluding hydrogens is 235 g/mol. The molecule has 0 fully saturated rings. The molecule has 7 heteroatoms. The zero-order valence-electron chi connectivity index (χ0n) is 9.85. The van der Waals surface area contributed by atoms with E-state index in [0.29, 0.717) is 6.54 Å². The fourth-order valence-electron chi connectivity index (χ4n) is 1.52. The fourth-order valence-corrected chi connectivity index (χ4v) is 1.52. The maximum absolute atomic E-state index is 8.63. The molecule has 0 amide bonds. The predicted molar refractivity (Wildman–Crippen MR) is 65.1 cm³/mol. The zero-order valence-corrected chi connectivity index (χ0v) is 9.85. The average Bonchev–Trinajstić information content (AvgIpc) is 2.76. The van der Waals surface area contributed by atoms with Crippen molar-refractivity contribution in [2.75, 3.05) is 7.11 Å². The Balaban J connectivity index is 2.01. The van der Waals surface area contributed by atoms with Gasteiger partial charge in [0.05, 0.1) is 13.7 Å². The maximum atomic E-state index is 8.63. The number of nitrogens with zero attached hydrogens (tertiary/aromatic N) is 2. The first kappa shape index (κ1) is 12.5. The van der Waals surface area contributed by atoms with Gasteiger partial charge >= 0.3 is 7.32 Å². The number of methoxy groups -OCH3 is 1. The Labute approximate surface area is 105 Å². The largest absolute Gasteiger partial charge is 0.708 e. The van der Waals surface area contributed by atoms with E-state index in [0.717, 1.165) is 11.3 Å². The molecule has 1 heterocycles.